The Morgan fingerprint density at radius 3 is 2.95 bits per heavy atom. The molecule has 100 valence electrons. The van der Waals surface area contributed by atoms with Gasteiger partial charge in [-0.1, -0.05) is 6.07 Å². The minimum atomic E-state index is -0.584. The van der Waals surface area contributed by atoms with Gasteiger partial charge >= 0.3 is 0 Å². The van der Waals surface area contributed by atoms with Crippen LogP contribution in [0.25, 0.3) is 5.65 Å². The molecule has 0 saturated heterocycles. The summed E-state index contributed by atoms with van der Waals surface area (Å²) in [4.78, 5) is 32.9. The number of hydrogen-bond acceptors (Lipinski definition) is 4. The minimum Gasteiger partial charge on any atom is -0.327 e. The quantitative estimate of drug-likeness (QED) is 0.665. The lowest BCUT2D eigenvalue weighted by molar-refractivity contribution is 0.0996. The Balaban J connectivity index is 2.16. The molecular formula is C13H10N4O2S. The monoisotopic (exact) mass is 286 g/mol. The number of amides is 1. The Kier molecular flexibility index (Phi) is 3.03. The van der Waals surface area contributed by atoms with Gasteiger partial charge in [-0.3, -0.25) is 14.0 Å². The summed E-state index contributed by atoms with van der Waals surface area (Å²) in [6.07, 6.45) is 4.64. The van der Waals surface area contributed by atoms with Crippen LogP contribution in [-0.4, -0.2) is 19.9 Å². The predicted molar refractivity (Wildman–Crippen MR) is 74.6 cm³/mol. The molecule has 0 aliphatic rings. The van der Waals surface area contributed by atoms with Crippen LogP contribution in [0, 0.1) is 0 Å². The van der Waals surface area contributed by atoms with Crippen LogP contribution in [0.4, 0.5) is 0 Å². The van der Waals surface area contributed by atoms with E-state index in [9.17, 15) is 9.59 Å². The number of pyridine rings is 1. The van der Waals surface area contributed by atoms with E-state index in [1.807, 2.05) is 5.38 Å². The van der Waals surface area contributed by atoms with Crippen LogP contribution >= 0.6 is 11.3 Å². The van der Waals surface area contributed by atoms with Crippen LogP contribution in [0.5, 0.6) is 0 Å². The van der Waals surface area contributed by atoms with Gasteiger partial charge in [0.15, 0.2) is 4.80 Å². The molecule has 1 amide bonds. The number of aryl methyl sites for hydroxylation is 1. The van der Waals surface area contributed by atoms with Crippen molar-refractivity contribution in [1.82, 2.24) is 14.0 Å². The van der Waals surface area contributed by atoms with Gasteiger partial charge in [-0.2, -0.15) is 4.99 Å². The van der Waals surface area contributed by atoms with Crippen molar-refractivity contribution in [3.05, 3.63) is 62.9 Å². The largest absolute Gasteiger partial charge is 0.327 e. The molecule has 20 heavy (non-hydrogen) atoms. The molecule has 3 aromatic rings. The van der Waals surface area contributed by atoms with E-state index in [0.717, 1.165) is 0 Å². The van der Waals surface area contributed by atoms with Gasteiger partial charge in [-0.05, 0) is 12.1 Å². The van der Waals surface area contributed by atoms with Crippen LogP contribution in [0.3, 0.4) is 0 Å². The summed E-state index contributed by atoms with van der Waals surface area (Å²) < 4.78 is 3.05. The van der Waals surface area contributed by atoms with Crippen molar-refractivity contribution in [3.63, 3.8) is 0 Å². The van der Waals surface area contributed by atoms with Gasteiger partial charge in [-0.25, -0.2) is 4.98 Å². The van der Waals surface area contributed by atoms with Gasteiger partial charge in [0, 0.05) is 31.0 Å². The van der Waals surface area contributed by atoms with Crippen LogP contribution < -0.4 is 10.4 Å². The first-order valence-corrected chi connectivity index (χ1v) is 6.70. The van der Waals surface area contributed by atoms with Crippen molar-refractivity contribution in [2.45, 2.75) is 0 Å². The average Bonchev–Trinajstić information content (AvgIpc) is 2.85. The van der Waals surface area contributed by atoms with Crippen LogP contribution in [-0.2, 0) is 7.05 Å². The fourth-order valence-corrected chi connectivity index (χ4v) is 2.48. The highest BCUT2D eigenvalue weighted by atomic mass is 32.1. The third kappa shape index (κ3) is 2.08. The molecule has 0 atom stereocenters. The molecule has 3 heterocycles. The minimum absolute atomic E-state index is 0.0397. The zero-order valence-corrected chi connectivity index (χ0v) is 11.4. The highest BCUT2D eigenvalue weighted by Crippen LogP contribution is 1.99. The van der Waals surface area contributed by atoms with Gasteiger partial charge in [0.25, 0.3) is 11.5 Å². The molecule has 0 N–H and O–H groups in total. The maximum atomic E-state index is 12.2. The van der Waals surface area contributed by atoms with Crippen molar-refractivity contribution < 1.29 is 4.79 Å². The smallest absolute Gasteiger partial charge is 0.286 e. The molecule has 3 aromatic heterocycles. The van der Waals surface area contributed by atoms with Gasteiger partial charge in [0.1, 0.15) is 11.2 Å². The molecule has 0 saturated carbocycles. The lowest BCUT2D eigenvalue weighted by Crippen LogP contribution is -2.23. The molecule has 3 rings (SSSR count). The van der Waals surface area contributed by atoms with E-state index in [1.54, 1.807) is 42.2 Å². The van der Waals surface area contributed by atoms with E-state index in [-0.39, 0.29) is 5.56 Å². The second-order valence-corrected chi connectivity index (χ2v) is 4.99. The summed E-state index contributed by atoms with van der Waals surface area (Å²) in [6, 6.07) is 5.19. The van der Waals surface area contributed by atoms with Crippen molar-refractivity contribution in [2.75, 3.05) is 0 Å². The van der Waals surface area contributed by atoms with Crippen molar-refractivity contribution in [1.29, 1.82) is 0 Å². The molecule has 0 unspecified atom stereocenters. The van der Waals surface area contributed by atoms with Gasteiger partial charge in [0.05, 0.1) is 0 Å². The summed E-state index contributed by atoms with van der Waals surface area (Å²) in [5.74, 6) is -0.584. The fourth-order valence-electron chi connectivity index (χ4n) is 1.76. The number of nitrogens with zero attached hydrogens (tertiary/aromatic N) is 4. The number of aromatic nitrogens is 3. The topological polar surface area (TPSA) is 68.7 Å². The lowest BCUT2D eigenvalue weighted by atomic mass is 10.3. The maximum Gasteiger partial charge on any atom is 0.286 e. The van der Waals surface area contributed by atoms with E-state index in [4.69, 9.17) is 0 Å². The first kappa shape index (κ1) is 12.5. The molecule has 0 aromatic carbocycles. The number of rotatable bonds is 1. The molecule has 0 spiro atoms. The maximum absolute atomic E-state index is 12.2. The number of carbonyl (C=O) groups excluding carboxylic acids is 1. The number of carbonyl (C=O) groups is 1. The van der Waals surface area contributed by atoms with Crippen LogP contribution in [0.2, 0.25) is 0 Å². The molecule has 0 radical (unpaired) electrons. The fraction of sp³-hybridized carbons (Fsp3) is 0.0769. The Morgan fingerprint density at radius 2 is 2.20 bits per heavy atom. The van der Waals surface area contributed by atoms with Gasteiger partial charge in [-0.15, -0.1) is 11.3 Å². The Bertz CT molecular complexity index is 920. The third-order valence-corrected chi connectivity index (χ3v) is 3.65. The van der Waals surface area contributed by atoms with E-state index in [2.05, 4.69) is 9.98 Å². The third-order valence-electron chi connectivity index (χ3n) is 2.80. The number of fused-ring (bicyclic) bond motifs is 1. The summed E-state index contributed by atoms with van der Waals surface area (Å²) in [5.41, 5.74) is 0.0430. The lowest BCUT2D eigenvalue weighted by Gasteiger charge is -2.00. The molecule has 7 heteroatoms. The van der Waals surface area contributed by atoms with Crippen LogP contribution in [0.15, 0.2) is 52.0 Å². The zero-order valence-electron chi connectivity index (χ0n) is 10.6. The molecule has 0 bridgehead atoms. The number of hydrogen-bond donors (Lipinski definition) is 0. The second-order valence-electron chi connectivity index (χ2n) is 4.12. The second kappa shape index (κ2) is 4.86. The molecular weight excluding hydrogens is 276 g/mol. The molecule has 0 aliphatic heterocycles. The van der Waals surface area contributed by atoms with E-state index >= 15 is 0 Å². The van der Waals surface area contributed by atoms with E-state index < -0.39 is 11.5 Å². The average molecular weight is 286 g/mol. The zero-order chi connectivity index (χ0) is 14.1. The summed E-state index contributed by atoms with van der Waals surface area (Å²) >= 11 is 1.33. The Morgan fingerprint density at radius 1 is 1.35 bits per heavy atom. The normalized spacial score (nSPS) is 11.9. The highest BCUT2D eigenvalue weighted by Gasteiger charge is 2.12. The first-order chi connectivity index (χ1) is 9.66. The highest BCUT2D eigenvalue weighted by molar-refractivity contribution is 7.07. The summed E-state index contributed by atoms with van der Waals surface area (Å²) in [7, 11) is 1.79. The van der Waals surface area contributed by atoms with Gasteiger partial charge in [0.2, 0.25) is 0 Å². The molecule has 0 aliphatic carbocycles. The van der Waals surface area contributed by atoms with Crippen LogP contribution in [0.1, 0.15) is 10.4 Å². The van der Waals surface area contributed by atoms with Crippen molar-refractivity contribution >= 4 is 22.9 Å². The van der Waals surface area contributed by atoms with E-state index in [1.165, 1.54) is 21.9 Å². The predicted octanol–water partition coefficient (Wildman–Crippen LogP) is 0.836. The summed E-state index contributed by atoms with van der Waals surface area (Å²) in [5, 5.41) is 1.82. The standard InChI is InChI=1S/C13H10N4O2S/c1-16-6-7-20-13(16)15-11(18)9-8-14-10-4-2-3-5-17(10)12(9)19/h2-8H,1H3. The number of thiazole rings is 1. The van der Waals surface area contributed by atoms with Crippen molar-refractivity contribution in [2.24, 2.45) is 12.0 Å². The Labute approximate surface area is 117 Å². The summed E-state index contributed by atoms with van der Waals surface area (Å²) in [6.45, 7) is 0. The molecule has 0 fully saturated rings. The van der Waals surface area contributed by atoms with Crippen molar-refractivity contribution in [3.8, 4) is 0 Å². The Hall–Kier alpha value is -2.54. The van der Waals surface area contributed by atoms with Gasteiger partial charge < -0.3 is 4.57 Å². The first-order valence-electron chi connectivity index (χ1n) is 5.82. The SMILES string of the molecule is Cn1ccsc1=NC(=O)c1cnc2ccccn2c1=O. The molecule has 6 nitrogen and oxygen atoms in total. The van der Waals surface area contributed by atoms with E-state index in [0.29, 0.717) is 10.4 Å².